The number of amides is 1. The van der Waals surface area contributed by atoms with Crippen molar-refractivity contribution in [2.75, 3.05) is 19.8 Å². The quantitative estimate of drug-likeness (QED) is 0.534. The Morgan fingerprint density at radius 2 is 2.11 bits per heavy atom. The summed E-state index contributed by atoms with van der Waals surface area (Å²) in [6, 6.07) is 0. The Balaban J connectivity index is 0.00000324. The molecule has 1 aliphatic rings. The molecule has 0 spiro atoms. The molecule has 106 valence electrons. The van der Waals surface area contributed by atoms with E-state index in [0.717, 1.165) is 39.0 Å². The van der Waals surface area contributed by atoms with Gasteiger partial charge in [0.1, 0.15) is 0 Å². The standard InChI is InChI=1S/C15H27NO2.H2/c1-2-3-4-5-6-7-8-15(17)16-13-14-9-11-18-12-10-14;/h7-8,14H,2-6,9-13H2,1H3,(H,16,17);1H/b8-7+;. The second-order valence-corrected chi connectivity index (χ2v) is 5.05. The minimum Gasteiger partial charge on any atom is -0.381 e. The van der Waals surface area contributed by atoms with Crippen molar-refractivity contribution in [3.05, 3.63) is 12.2 Å². The number of unbranched alkanes of at least 4 members (excludes halogenated alkanes) is 4. The monoisotopic (exact) mass is 255 g/mol. The average Bonchev–Trinajstić information content (AvgIpc) is 2.41. The van der Waals surface area contributed by atoms with E-state index >= 15 is 0 Å². The maximum atomic E-state index is 11.5. The van der Waals surface area contributed by atoms with Gasteiger partial charge in [-0.05, 0) is 37.7 Å². The van der Waals surface area contributed by atoms with E-state index in [1.54, 1.807) is 6.08 Å². The van der Waals surface area contributed by atoms with Crippen molar-refractivity contribution in [2.24, 2.45) is 5.92 Å². The van der Waals surface area contributed by atoms with Gasteiger partial charge in [-0.15, -0.1) is 0 Å². The van der Waals surface area contributed by atoms with Crippen molar-refractivity contribution < 1.29 is 11.0 Å². The first kappa shape index (κ1) is 15.2. The molecule has 0 aromatic heterocycles. The fraction of sp³-hybridized carbons (Fsp3) is 0.800. The van der Waals surface area contributed by atoms with Gasteiger partial charge in [-0.25, -0.2) is 0 Å². The van der Waals surface area contributed by atoms with Gasteiger partial charge < -0.3 is 10.1 Å². The molecule has 1 fully saturated rings. The first-order chi connectivity index (χ1) is 8.83. The summed E-state index contributed by atoms with van der Waals surface area (Å²) in [6.07, 6.45) is 11.9. The van der Waals surface area contributed by atoms with Crippen molar-refractivity contribution in [3.63, 3.8) is 0 Å². The van der Waals surface area contributed by atoms with E-state index in [4.69, 9.17) is 4.74 Å². The number of ether oxygens (including phenoxy) is 1. The van der Waals surface area contributed by atoms with Crippen LogP contribution in [0.3, 0.4) is 0 Å². The lowest BCUT2D eigenvalue weighted by Gasteiger charge is -2.21. The zero-order chi connectivity index (χ0) is 13.1. The fourth-order valence-corrected chi connectivity index (χ4v) is 2.13. The molecule has 1 aliphatic heterocycles. The van der Waals surface area contributed by atoms with Crippen LogP contribution in [0.2, 0.25) is 0 Å². The number of hydrogen-bond donors (Lipinski definition) is 1. The topological polar surface area (TPSA) is 38.3 Å². The molecule has 1 amide bonds. The van der Waals surface area contributed by atoms with Crippen molar-refractivity contribution in [2.45, 2.75) is 51.9 Å². The Morgan fingerprint density at radius 3 is 2.83 bits per heavy atom. The summed E-state index contributed by atoms with van der Waals surface area (Å²) in [5, 5.41) is 2.97. The molecule has 0 unspecified atom stereocenters. The highest BCUT2D eigenvalue weighted by Gasteiger charge is 2.13. The Labute approximate surface area is 112 Å². The van der Waals surface area contributed by atoms with Gasteiger partial charge in [0.25, 0.3) is 0 Å². The predicted molar refractivity (Wildman–Crippen MR) is 76.6 cm³/mol. The van der Waals surface area contributed by atoms with E-state index in [0.29, 0.717) is 5.92 Å². The molecule has 18 heavy (non-hydrogen) atoms. The van der Waals surface area contributed by atoms with Crippen LogP contribution in [0.25, 0.3) is 0 Å². The van der Waals surface area contributed by atoms with Crippen molar-refractivity contribution in [1.29, 1.82) is 0 Å². The normalized spacial score (nSPS) is 17.2. The molecule has 0 atom stereocenters. The number of carbonyl (C=O) groups is 1. The summed E-state index contributed by atoms with van der Waals surface area (Å²) >= 11 is 0. The second kappa shape index (κ2) is 10.1. The van der Waals surface area contributed by atoms with Crippen LogP contribution in [0.5, 0.6) is 0 Å². The van der Waals surface area contributed by atoms with Crippen LogP contribution in [-0.2, 0) is 9.53 Å². The molecule has 1 saturated heterocycles. The minimum absolute atomic E-state index is 0. The zero-order valence-corrected chi connectivity index (χ0v) is 11.6. The lowest BCUT2D eigenvalue weighted by atomic mass is 10.0. The van der Waals surface area contributed by atoms with Gasteiger partial charge in [0.2, 0.25) is 5.91 Å². The molecular formula is C15H29NO2. The molecule has 1 N–H and O–H groups in total. The van der Waals surface area contributed by atoms with Crippen LogP contribution in [0, 0.1) is 5.92 Å². The lowest BCUT2D eigenvalue weighted by Crippen LogP contribution is -2.31. The predicted octanol–water partition coefficient (Wildman–Crippen LogP) is 3.30. The van der Waals surface area contributed by atoms with Crippen LogP contribution < -0.4 is 5.32 Å². The second-order valence-electron chi connectivity index (χ2n) is 5.05. The van der Waals surface area contributed by atoms with Gasteiger partial charge in [-0.1, -0.05) is 32.3 Å². The summed E-state index contributed by atoms with van der Waals surface area (Å²) in [6.45, 7) is 4.68. The van der Waals surface area contributed by atoms with Gasteiger partial charge in [-0.3, -0.25) is 4.79 Å². The van der Waals surface area contributed by atoms with Gasteiger partial charge in [-0.2, -0.15) is 0 Å². The largest absolute Gasteiger partial charge is 0.381 e. The van der Waals surface area contributed by atoms with Gasteiger partial charge in [0.05, 0.1) is 0 Å². The van der Waals surface area contributed by atoms with Crippen molar-refractivity contribution in [1.82, 2.24) is 5.32 Å². The molecule has 0 aromatic carbocycles. The number of hydrogen-bond acceptors (Lipinski definition) is 2. The maximum absolute atomic E-state index is 11.5. The molecule has 0 saturated carbocycles. The summed E-state index contributed by atoms with van der Waals surface area (Å²) < 4.78 is 5.29. The Kier molecular flexibility index (Phi) is 8.57. The first-order valence-corrected chi connectivity index (χ1v) is 7.35. The van der Waals surface area contributed by atoms with Crippen molar-refractivity contribution in [3.8, 4) is 0 Å². The van der Waals surface area contributed by atoms with Gasteiger partial charge in [0, 0.05) is 21.2 Å². The summed E-state index contributed by atoms with van der Waals surface area (Å²) in [5.41, 5.74) is 0. The Hall–Kier alpha value is -0.830. The van der Waals surface area contributed by atoms with Crippen LogP contribution in [0.1, 0.15) is 53.3 Å². The van der Waals surface area contributed by atoms with Crippen LogP contribution in [0.4, 0.5) is 0 Å². The molecule has 0 aromatic rings. The maximum Gasteiger partial charge on any atom is 0.243 e. The third-order valence-electron chi connectivity index (χ3n) is 3.40. The van der Waals surface area contributed by atoms with Gasteiger partial charge >= 0.3 is 0 Å². The smallest absolute Gasteiger partial charge is 0.243 e. The highest BCUT2D eigenvalue weighted by Crippen LogP contribution is 2.13. The minimum atomic E-state index is 0. The third kappa shape index (κ3) is 7.49. The molecule has 0 aliphatic carbocycles. The molecular weight excluding hydrogens is 226 g/mol. The third-order valence-corrected chi connectivity index (χ3v) is 3.40. The van der Waals surface area contributed by atoms with E-state index in [1.807, 2.05) is 6.08 Å². The van der Waals surface area contributed by atoms with E-state index in [1.165, 1.54) is 25.7 Å². The summed E-state index contributed by atoms with van der Waals surface area (Å²) in [7, 11) is 0. The molecule has 0 bridgehead atoms. The molecule has 1 rings (SSSR count). The molecule has 0 radical (unpaired) electrons. The molecule has 1 heterocycles. The summed E-state index contributed by atoms with van der Waals surface area (Å²) in [4.78, 5) is 11.5. The average molecular weight is 255 g/mol. The van der Waals surface area contributed by atoms with Crippen LogP contribution >= 0.6 is 0 Å². The fourth-order valence-electron chi connectivity index (χ4n) is 2.13. The first-order valence-electron chi connectivity index (χ1n) is 7.35. The molecule has 3 heteroatoms. The Bertz CT molecular complexity index is 251. The van der Waals surface area contributed by atoms with E-state index < -0.39 is 0 Å². The van der Waals surface area contributed by atoms with Crippen LogP contribution in [0.15, 0.2) is 12.2 Å². The van der Waals surface area contributed by atoms with E-state index in [9.17, 15) is 4.79 Å². The van der Waals surface area contributed by atoms with Gasteiger partial charge in [0.15, 0.2) is 0 Å². The lowest BCUT2D eigenvalue weighted by molar-refractivity contribution is -0.116. The number of allylic oxidation sites excluding steroid dienone is 1. The number of carbonyl (C=O) groups excluding carboxylic acids is 1. The molecule has 3 nitrogen and oxygen atoms in total. The highest BCUT2D eigenvalue weighted by molar-refractivity contribution is 5.87. The zero-order valence-electron chi connectivity index (χ0n) is 11.6. The summed E-state index contributed by atoms with van der Waals surface area (Å²) in [5.74, 6) is 0.651. The van der Waals surface area contributed by atoms with E-state index in [-0.39, 0.29) is 7.33 Å². The Morgan fingerprint density at radius 1 is 1.33 bits per heavy atom. The van der Waals surface area contributed by atoms with Crippen LogP contribution in [-0.4, -0.2) is 25.7 Å². The van der Waals surface area contributed by atoms with Crippen molar-refractivity contribution >= 4 is 5.91 Å². The SMILES string of the molecule is CCCCCC/C=C/C(=O)NCC1CCOCC1.[HH]. The highest BCUT2D eigenvalue weighted by atomic mass is 16.5. The number of rotatable bonds is 8. The van der Waals surface area contributed by atoms with E-state index in [2.05, 4.69) is 12.2 Å². The number of nitrogens with one attached hydrogen (secondary N) is 1.